The number of sulfonamides is 1. The van der Waals surface area contributed by atoms with E-state index in [1.807, 2.05) is 0 Å². The summed E-state index contributed by atoms with van der Waals surface area (Å²) in [5, 5.41) is 0. The number of halogens is 3. The van der Waals surface area contributed by atoms with Crippen molar-refractivity contribution in [2.45, 2.75) is 16.9 Å². The fourth-order valence-corrected chi connectivity index (χ4v) is 2.93. The van der Waals surface area contributed by atoms with E-state index in [1.165, 1.54) is 18.2 Å². The summed E-state index contributed by atoms with van der Waals surface area (Å²) in [4.78, 5) is -0.00698. The smallest absolute Gasteiger partial charge is 0.326 e. The van der Waals surface area contributed by atoms with Crippen LogP contribution in [0.4, 0.5) is 13.2 Å². The summed E-state index contributed by atoms with van der Waals surface area (Å²) < 4.78 is 61.3. The first-order chi connectivity index (χ1) is 8.74. The van der Waals surface area contributed by atoms with Crippen molar-refractivity contribution in [3.63, 3.8) is 0 Å². The highest BCUT2D eigenvalue weighted by molar-refractivity contribution is 8.00. The predicted molar refractivity (Wildman–Crippen MR) is 68.0 cm³/mol. The van der Waals surface area contributed by atoms with Gasteiger partial charge < -0.3 is 5.73 Å². The van der Waals surface area contributed by atoms with Crippen molar-refractivity contribution >= 4 is 21.8 Å². The number of benzene rings is 1. The van der Waals surface area contributed by atoms with Crippen molar-refractivity contribution in [2.75, 3.05) is 12.3 Å². The van der Waals surface area contributed by atoms with Crippen LogP contribution in [0.5, 0.6) is 0 Å². The Bertz CT molecular complexity index is 518. The molecule has 1 aromatic rings. The van der Waals surface area contributed by atoms with Crippen LogP contribution in [-0.4, -0.2) is 26.2 Å². The molecule has 0 amide bonds. The molecule has 1 rings (SSSR count). The van der Waals surface area contributed by atoms with Crippen molar-refractivity contribution in [1.29, 1.82) is 0 Å². The minimum absolute atomic E-state index is 0.00698. The first kappa shape index (κ1) is 16.3. The molecule has 1 aromatic carbocycles. The SMILES string of the molecule is NCc1cccc(S(=O)(=O)NCCSC(F)(F)F)c1. The topological polar surface area (TPSA) is 72.2 Å². The second kappa shape index (κ2) is 6.60. The highest BCUT2D eigenvalue weighted by atomic mass is 32.2. The van der Waals surface area contributed by atoms with Gasteiger partial charge in [0.25, 0.3) is 0 Å². The molecule has 108 valence electrons. The lowest BCUT2D eigenvalue weighted by molar-refractivity contribution is -0.0327. The lowest BCUT2D eigenvalue weighted by Gasteiger charge is -2.08. The summed E-state index contributed by atoms with van der Waals surface area (Å²) in [5.41, 5.74) is 1.66. The minimum Gasteiger partial charge on any atom is -0.326 e. The Balaban J connectivity index is 2.61. The van der Waals surface area contributed by atoms with Gasteiger partial charge in [-0.2, -0.15) is 13.2 Å². The molecule has 19 heavy (non-hydrogen) atoms. The third kappa shape index (κ3) is 5.81. The maximum atomic E-state index is 11.9. The number of alkyl halides is 3. The fourth-order valence-electron chi connectivity index (χ4n) is 1.27. The number of hydrogen-bond acceptors (Lipinski definition) is 4. The van der Waals surface area contributed by atoms with Crippen LogP contribution >= 0.6 is 11.8 Å². The zero-order valence-electron chi connectivity index (χ0n) is 9.77. The Kier molecular flexibility index (Phi) is 5.65. The molecule has 0 unspecified atom stereocenters. The van der Waals surface area contributed by atoms with Crippen molar-refractivity contribution in [1.82, 2.24) is 4.72 Å². The summed E-state index contributed by atoms with van der Waals surface area (Å²) in [7, 11) is -3.80. The van der Waals surface area contributed by atoms with E-state index in [0.29, 0.717) is 5.56 Å². The molecule has 0 saturated heterocycles. The third-order valence-electron chi connectivity index (χ3n) is 2.10. The second-order valence-corrected chi connectivity index (χ2v) is 6.47. The van der Waals surface area contributed by atoms with E-state index >= 15 is 0 Å². The Morgan fingerprint density at radius 3 is 2.58 bits per heavy atom. The van der Waals surface area contributed by atoms with E-state index in [0.717, 1.165) is 0 Å². The van der Waals surface area contributed by atoms with Gasteiger partial charge in [0.2, 0.25) is 10.0 Å². The van der Waals surface area contributed by atoms with Crippen LogP contribution in [0.25, 0.3) is 0 Å². The monoisotopic (exact) mass is 314 g/mol. The van der Waals surface area contributed by atoms with Gasteiger partial charge in [0, 0.05) is 18.8 Å². The highest BCUT2D eigenvalue weighted by Gasteiger charge is 2.27. The zero-order valence-corrected chi connectivity index (χ0v) is 11.4. The molecule has 0 spiro atoms. The van der Waals surface area contributed by atoms with E-state index in [-0.39, 0.29) is 35.5 Å². The molecule has 4 nitrogen and oxygen atoms in total. The van der Waals surface area contributed by atoms with Crippen LogP contribution in [0.2, 0.25) is 0 Å². The Hall–Kier alpha value is -0.770. The van der Waals surface area contributed by atoms with Gasteiger partial charge in [0.05, 0.1) is 4.90 Å². The van der Waals surface area contributed by atoms with E-state index < -0.39 is 15.5 Å². The molecule has 3 N–H and O–H groups in total. The van der Waals surface area contributed by atoms with Crippen LogP contribution in [-0.2, 0) is 16.6 Å². The van der Waals surface area contributed by atoms with E-state index in [9.17, 15) is 21.6 Å². The third-order valence-corrected chi connectivity index (χ3v) is 4.30. The summed E-state index contributed by atoms with van der Waals surface area (Å²) in [5.74, 6) is -0.376. The number of hydrogen-bond donors (Lipinski definition) is 2. The Labute approximate surface area is 113 Å². The Morgan fingerprint density at radius 1 is 1.32 bits per heavy atom. The molecular formula is C10H13F3N2O2S2. The van der Waals surface area contributed by atoms with Gasteiger partial charge in [-0.25, -0.2) is 13.1 Å². The standard InChI is InChI=1S/C10H13F3N2O2S2/c11-10(12,13)18-5-4-15-19(16,17)9-3-1-2-8(6-9)7-14/h1-3,6,15H,4-5,7,14H2. The van der Waals surface area contributed by atoms with Crippen molar-refractivity contribution < 1.29 is 21.6 Å². The van der Waals surface area contributed by atoms with Crippen LogP contribution in [0, 0.1) is 0 Å². The number of thioether (sulfide) groups is 1. The maximum absolute atomic E-state index is 11.9. The zero-order chi connectivity index (χ0) is 14.5. The van der Waals surface area contributed by atoms with E-state index in [1.54, 1.807) is 6.07 Å². The first-order valence-corrected chi connectivity index (χ1v) is 7.71. The van der Waals surface area contributed by atoms with Gasteiger partial charge in [-0.3, -0.25) is 0 Å². The molecule has 0 aliphatic heterocycles. The Morgan fingerprint density at radius 2 is 2.00 bits per heavy atom. The summed E-state index contributed by atoms with van der Waals surface area (Å²) in [6, 6.07) is 5.94. The van der Waals surface area contributed by atoms with Gasteiger partial charge in [0.15, 0.2) is 0 Å². The van der Waals surface area contributed by atoms with E-state index in [2.05, 4.69) is 4.72 Å². The summed E-state index contributed by atoms with van der Waals surface area (Å²) in [6.07, 6.45) is 0. The van der Waals surface area contributed by atoms with Gasteiger partial charge in [0.1, 0.15) is 0 Å². The molecule has 0 aliphatic carbocycles. The van der Waals surface area contributed by atoms with Gasteiger partial charge in [-0.05, 0) is 29.5 Å². The molecule has 0 aliphatic rings. The molecule has 0 bridgehead atoms. The average molecular weight is 314 g/mol. The van der Waals surface area contributed by atoms with Gasteiger partial charge in [-0.1, -0.05) is 12.1 Å². The maximum Gasteiger partial charge on any atom is 0.441 e. The lowest BCUT2D eigenvalue weighted by atomic mass is 10.2. The predicted octanol–water partition coefficient (Wildman–Crippen LogP) is 1.68. The molecule has 9 heteroatoms. The van der Waals surface area contributed by atoms with E-state index in [4.69, 9.17) is 5.73 Å². The fraction of sp³-hybridized carbons (Fsp3) is 0.400. The lowest BCUT2D eigenvalue weighted by Crippen LogP contribution is -2.26. The van der Waals surface area contributed by atoms with Crippen molar-refractivity contribution in [2.24, 2.45) is 5.73 Å². The molecular weight excluding hydrogens is 301 g/mol. The average Bonchev–Trinajstić information content (AvgIpc) is 2.34. The number of nitrogens with two attached hydrogens (primary N) is 1. The second-order valence-electron chi connectivity index (χ2n) is 3.54. The molecule has 0 saturated carbocycles. The first-order valence-electron chi connectivity index (χ1n) is 5.24. The van der Waals surface area contributed by atoms with Crippen LogP contribution in [0.1, 0.15) is 5.56 Å². The summed E-state index contributed by atoms with van der Waals surface area (Å²) in [6.45, 7) is -0.105. The molecule has 0 heterocycles. The largest absolute Gasteiger partial charge is 0.441 e. The highest BCUT2D eigenvalue weighted by Crippen LogP contribution is 2.29. The van der Waals surface area contributed by atoms with Crippen LogP contribution in [0.15, 0.2) is 29.2 Å². The molecule has 0 atom stereocenters. The molecule has 0 fully saturated rings. The molecule has 0 radical (unpaired) electrons. The quantitative estimate of drug-likeness (QED) is 0.784. The van der Waals surface area contributed by atoms with Crippen LogP contribution < -0.4 is 10.5 Å². The van der Waals surface area contributed by atoms with Crippen LogP contribution in [0.3, 0.4) is 0 Å². The number of nitrogens with one attached hydrogen (secondary N) is 1. The summed E-state index contributed by atoms with van der Waals surface area (Å²) >= 11 is -0.270. The van der Waals surface area contributed by atoms with Crippen molar-refractivity contribution in [3.8, 4) is 0 Å². The van der Waals surface area contributed by atoms with Crippen molar-refractivity contribution in [3.05, 3.63) is 29.8 Å². The normalized spacial score (nSPS) is 12.6. The van der Waals surface area contributed by atoms with Gasteiger partial charge >= 0.3 is 5.51 Å². The number of rotatable bonds is 6. The minimum atomic E-state index is -4.36. The molecule has 0 aromatic heterocycles. The van der Waals surface area contributed by atoms with Gasteiger partial charge in [-0.15, -0.1) is 0 Å².